The maximum Gasteiger partial charge on any atom is 0.137 e. The van der Waals surface area contributed by atoms with Crippen molar-refractivity contribution in [3.63, 3.8) is 0 Å². The molecular formula is C14H18N2O2. The monoisotopic (exact) mass is 246 g/mol. The van der Waals surface area contributed by atoms with Crippen LogP contribution < -0.4 is 4.74 Å². The third-order valence-corrected chi connectivity index (χ3v) is 3.56. The largest absolute Gasteiger partial charge is 0.495 e. The quantitative estimate of drug-likeness (QED) is 0.768. The van der Waals surface area contributed by atoms with Gasteiger partial charge in [0, 0.05) is 31.5 Å². The van der Waals surface area contributed by atoms with Crippen LogP contribution in [0.15, 0.2) is 23.3 Å². The zero-order valence-electron chi connectivity index (χ0n) is 10.8. The van der Waals surface area contributed by atoms with Crippen LogP contribution in [-0.2, 0) is 10.2 Å². The molecule has 0 bridgehead atoms. The van der Waals surface area contributed by atoms with Crippen molar-refractivity contribution in [3.05, 3.63) is 24.0 Å². The lowest BCUT2D eigenvalue weighted by Crippen LogP contribution is -2.34. The molecule has 1 heterocycles. The van der Waals surface area contributed by atoms with Crippen molar-refractivity contribution in [1.29, 1.82) is 0 Å². The maximum atomic E-state index is 11.4. The standard InChI is InChI=1S/C14H18N2O2/c1-15-10-14(7-5-11(17)6-8-14)13-4-3-12(18-2)9-16-13/h3-4,9-10H,5-8H2,1-2H3. The molecule has 1 fully saturated rings. The van der Waals surface area contributed by atoms with Gasteiger partial charge < -0.3 is 4.74 Å². The minimum Gasteiger partial charge on any atom is -0.495 e. The van der Waals surface area contributed by atoms with Crippen molar-refractivity contribution in [2.24, 2.45) is 4.99 Å². The Hall–Kier alpha value is -1.71. The summed E-state index contributed by atoms with van der Waals surface area (Å²) in [5, 5.41) is 0. The number of rotatable bonds is 3. The van der Waals surface area contributed by atoms with Gasteiger partial charge in [-0.05, 0) is 25.0 Å². The van der Waals surface area contributed by atoms with E-state index in [4.69, 9.17) is 4.74 Å². The molecule has 1 aromatic rings. The molecule has 0 N–H and O–H groups in total. The lowest BCUT2D eigenvalue weighted by Gasteiger charge is -2.32. The highest BCUT2D eigenvalue weighted by atomic mass is 16.5. The molecule has 1 aromatic heterocycles. The number of hydrogen-bond acceptors (Lipinski definition) is 4. The van der Waals surface area contributed by atoms with E-state index in [9.17, 15) is 4.79 Å². The second-order valence-corrected chi connectivity index (χ2v) is 4.67. The number of Topliss-reactive ketones (excluding diaryl/α,β-unsaturated/α-hetero) is 1. The van der Waals surface area contributed by atoms with Gasteiger partial charge >= 0.3 is 0 Å². The van der Waals surface area contributed by atoms with E-state index in [0.717, 1.165) is 24.3 Å². The van der Waals surface area contributed by atoms with E-state index < -0.39 is 0 Å². The Labute approximate surface area is 107 Å². The number of ether oxygens (including phenoxy) is 1. The maximum absolute atomic E-state index is 11.4. The minimum absolute atomic E-state index is 0.186. The molecule has 1 saturated carbocycles. The van der Waals surface area contributed by atoms with Crippen LogP contribution in [0.2, 0.25) is 0 Å². The van der Waals surface area contributed by atoms with Gasteiger partial charge in [0.25, 0.3) is 0 Å². The van der Waals surface area contributed by atoms with Crippen molar-refractivity contribution >= 4 is 12.0 Å². The van der Waals surface area contributed by atoms with E-state index >= 15 is 0 Å². The number of aliphatic imine (C=N–C) groups is 1. The number of pyridine rings is 1. The molecule has 4 heteroatoms. The van der Waals surface area contributed by atoms with E-state index in [1.807, 2.05) is 18.3 Å². The van der Waals surface area contributed by atoms with Gasteiger partial charge in [0.15, 0.2) is 0 Å². The molecule has 18 heavy (non-hydrogen) atoms. The van der Waals surface area contributed by atoms with Gasteiger partial charge in [0.1, 0.15) is 11.5 Å². The number of nitrogens with zero attached hydrogens (tertiary/aromatic N) is 2. The second kappa shape index (κ2) is 5.29. The SMILES string of the molecule is CN=CC1(c2ccc(OC)cn2)CCC(=O)CC1. The highest BCUT2D eigenvalue weighted by Gasteiger charge is 2.36. The summed E-state index contributed by atoms with van der Waals surface area (Å²) in [6, 6.07) is 3.88. The first-order valence-corrected chi connectivity index (χ1v) is 6.16. The normalized spacial score (nSPS) is 19.1. The highest BCUT2D eigenvalue weighted by Crippen LogP contribution is 2.36. The smallest absolute Gasteiger partial charge is 0.137 e. The molecule has 96 valence electrons. The Kier molecular flexibility index (Phi) is 3.75. The Balaban J connectivity index is 2.31. The summed E-state index contributed by atoms with van der Waals surface area (Å²) in [6.07, 6.45) is 6.47. The number of hydrogen-bond donors (Lipinski definition) is 0. The van der Waals surface area contributed by atoms with Crippen molar-refractivity contribution in [2.75, 3.05) is 14.2 Å². The molecule has 2 rings (SSSR count). The van der Waals surface area contributed by atoms with Crippen LogP contribution in [-0.4, -0.2) is 31.1 Å². The average molecular weight is 246 g/mol. The van der Waals surface area contributed by atoms with Crippen LogP contribution in [0.4, 0.5) is 0 Å². The van der Waals surface area contributed by atoms with Crippen molar-refractivity contribution < 1.29 is 9.53 Å². The van der Waals surface area contributed by atoms with E-state index in [-0.39, 0.29) is 5.41 Å². The van der Waals surface area contributed by atoms with Gasteiger partial charge in [-0.1, -0.05) is 0 Å². The Morgan fingerprint density at radius 3 is 2.61 bits per heavy atom. The summed E-state index contributed by atoms with van der Waals surface area (Å²) in [6.45, 7) is 0. The van der Waals surface area contributed by atoms with Gasteiger partial charge in [-0.25, -0.2) is 0 Å². The van der Waals surface area contributed by atoms with E-state index in [1.165, 1.54) is 0 Å². The minimum atomic E-state index is -0.186. The zero-order chi connectivity index (χ0) is 13.0. The molecule has 0 radical (unpaired) electrons. The summed E-state index contributed by atoms with van der Waals surface area (Å²) in [4.78, 5) is 20.0. The highest BCUT2D eigenvalue weighted by molar-refractivity contribution is 5.83. The van der Waals surface area contributed by atoms with Crippen LogP contribution in [0.5, 0.6) is 5.75 Å². The summed E-state index contributed by atoms with van der Waals surface area (Å²) >= 11 is 0. The average Bonchev–Trinajstić information content (AvgIpc) is 2.42. The fourth-order valence-electron chi connectivity index (χ4n) is 2.47. The molecule has 0 saturated heterocycles. The summed E-state index contributed by atoms with van der Waals surface area (Å²) in [5.74, 6) is 1.08. The fourth-order valence-corrected chi connectivity index (χ4v) is 2.47. The van der Waals surface area contributed by atoms with Crippen LogP contribution in [0.3, 0.4) is 0 Å². The Bertz CT molecular complexity index is 441. The van der Waals surface area contributed by atoms with Crippen molar-refractivity contribution in [2.45, 2.75) is 31.1 Å². The molecule has 0 amide bonds. The molecule has 0 aromatic carbocycles. The number of carbonyl (C=O) groups excluding carboxylic acids is 1. The molecule has 0 atom stereocenters. The Morgan fingerprint density at radius 2 is 2.11 bits per heavy atom. The number of ketones is 1. The van der Waals surface area contributed by atoms with Gasteiger partial charge in [0.05, 0.1) is 19.0 Å². The predicted molar refractivity (Wildman–Crippen MR) is 70.4 cm³/mol. The third kappa shape index (κ3) is 2.42. The van der Waals surface area contributed by atoms with Crippen LogP contribution >= 0.6 is 0 Å². The lowest BCUT2D eigenvalue weighted by molar-refractivity contribution is -0.120. The van der Waals surface area contributed by atoms with Crippen LogP contribution in [0.25, 0.3) is 0 Å². The third-order valence-electron chi connectivity index (χ3n) is 3.56. The molecule has 0 aliphatic heterocycles. The molecule has 0 spiro atoms. The van der Waals surface area contributed by atoms with Gasteiger partial charge in [0.2, 0.25) is 0 Å². The van der Waals surface area contributed by atoms with E-state index in [1.54, 1.807) is 20.4 Å². The van der Waals surface area contributed by atoms with Gasteiger partial charge in [-0.3, -0.25) is 14.8 Å². The van der Waals surface area contributed by atoms with Gasteiger partial charge in [-0.2, -0.15) is 0 Å². The summed E-state index contributed by atoms with van der Waals surface area (Å²) in [5.41, 5.74) is 0.788. The molecular weight excluding hydrogens is 228 g/mol. The van der Waals surface area contributed by atoms with Crippen LogP contribution in [0, 0.1) is 0 Å². The van der Waals surface area contributed by atoms with Gasteiger partial charge in [-0.15, -0.1) is 0 Å². The fraction of sp³-hybridized carbons (Fsp3) is 0.500. The first-order valence-electron chi connectivity index (χ1n) is 6.16. The topological polar surface area (TPSA) is 51.6 Å². The first-order chi connectivity index (χ1) is 8.70. The number of methoxy groups -OCH3 is 1. The molecule has 0 unspecified atom stereocenters. The molecule has 4 nitrogen and oxygen atoms in total. The molecule has 1 aliphatic carbocycles. The van der Waals surface area contributed by atoms with Crippen molar-refractivity contribution in [3.8, 4) is 5.75 Å². The summed E-state index contributed by atoms with van der Waals surface area (Å²) in [7, 11) is 3.39. The van der Waals surface area contributed by atoms with E-state index in [2.05, 4.69) is 9.98 Å². The van der Waals surface area contributed by atoms with E-state index in [0.29, 0.717) is 18.6 Å². The summed E-state index contributed by atoms with van der Waals surface area (Å²) < 4.78 is 5.12. The second-order valence-electron chi connectivity index (χ2n) is 4.67. The number of carbonyl (C=O) groups is 1. The predicted octanol–water partition coefficient (Wildman–Crippen LogP) is 2.17. The van der Waals surface area contributed by atoms with Crippen molar-refractivity contribution in [1.82, 2.24) is 4.98 Å². The Morgan fingerprint density at radius 1 is 1.39 bits per heavy atom. The lowest BCUT2D eigenvalue weighted by atomic mass is 9.72. The zero-order valence-corrected chi connectivity index (χ0v) is 10.8. The number of aromatic nitrogens is 1. The first kappa shape index (κ1) is 12.7. The van der Waals surface area contributed by atoms with Crippen LogP contribution in [0.1, 0.15) is 31.4 Å². The molecule has 1 aliphatic rings.